The third-order valence-electron chi connectivity index (χ3n) is 2.84. The Kier molecular flexibility index (Phi) is 4.87. The summed E-state index contributed by atoms with van der Waals surface area (Å²) in [6.45, 7) is 0. The van der Waals surface area contributed by atoms with Gasteiger partial charge in [0.2, 0.25) is 0 Å². The average Bonchev–Trinajstić information content (AvgIpc) is 2.41. The van der Waals surface area contributed by atoms with Gasteiger partial charge in [-0.3, -0.25) is 0 Å². The first-order chi connectivity index (χ1) is 8.88. The van der Waals surface area contributed by atoms with Gasteiger partial charge in [0.05, 0.1) is 0 Å². The molecule has 88 valence electrons. The van der Waals surface area contributed by atoms with Crippen molar-refractivity contribution in [1.82, 2.24) is 0 Å². The average molecular weight is 251 g/mol. The molecule has 3 nitrogen and oxygen atoms in total. The minimum absolute atomic E-state index is 0.916. The van der Waals surface area contributed by atoms with Gasteiger partial charge in [0.15, 0.2) is 0 Å². The van der Waals surface area contributed by atoms with E-state index < -0.39 is 14.4 Å². The number of benzene rings is 2. The maximum absolute atomic E-state index is 8.69. The van der Waals surface area contributed by atoms with Crippen LogP contribution in [-0.2, 0) is 10.6 Å². The van der Waals surface area contributed by atoms with Crippen LogP contribution in [0.25, 0.3) is 10.4 Å². The molecule has 0 atom stereocenters. The first kappa shape index (κ1) is 12.7. The summed E-state index contributed by atoms with van der Waals surface area (Å²) in [4.78, 5) is 3.02. The van der Waals surface area contributed by atoms with Gasteiger partial charge >= 0.3 is 14.4 Å². The Balaban J connectivity index is 2.07. The molecular weight excluding hydrogens is 237 g/mol. The first-order valence-corrected chi connectivity index (χ1v) is 8.15. The fraction of sp³-hybridized carbons (Fsp3) is 0.143. The van der Waals surface area contributed by atoms with E-state index in [1.807, 2.05) is 36.4 Å². The molecule has 0 aliphatic carbocycles. The van der Waals surface area contributed by atoms with Gasteiger partial charge < -0.3 is 0 Å². The molecule has 0 bridgehead atoms. The number of rotatable bonds is 5. The van der Waals surface area contributed by atoms with Gasteiger partial charge in [0.25, 0.3) is 0 Å². The Morgan fingerprint density at radius 3 is 1.67 bits per heavy atom. The van der Waals surface area contributed by atoms with Crippen molar-refractivity contribution in [3.63, 3.8) is 0 Å². The van der Waals surface area contributed by atoms with Crippen molar-refractivity contribution in [2.45, 2.75) is 10.6 Å². The van der Waals surface area contributed by atoms with Crippen LogP contribution in [0.15, 0.2) is 64.8 Å². The molecule has 0 aliphatic rings. The Morgan fingerprint density at radius 2 is 1.28 bits per heavy atom. The summed E-state index contributed by atoms with van der Waals surface area (Å²) in [6.07, 6.45) is 0. The molecule has 2 rings (SSSR count). The highest BCUT2D eigenvalue weighted by Gasteiger charge is 2.17. The lowest BCUT2D eigenvalue weighted by Crippen LogP contribution is -2.17. The monoisotopic (exact) mass is 251 g/mol. The highest BCUT2D eigenvalue weighted by molar-refractivity contribution is 6.55. The van der Waals surface area contributed by atoms with Crippen molar-refractivity contribution < 1.29 is 0 Å². The Morgan fingerprint density at radius 1 is 0.833 bits per heavy atom. The SMILES string of the molecule is [N-]=[N+]=[N][Al]([CH2]c1ccccc1)[CH2]c1ccccc1. The van der Waals surface area contributed by atoms with Crippen molar-refractivity contribution in [2.75, 3.05) is 0 Å². The van der Waals surface area contributed by atoms with Gasteiger partial charge in [-0.2, -0.15) is 0 Å². The minimum atomic E-state index is -1.48. The van der Waals surface area contributed by atoms with Gasteiger partial charge in [-0.15, -0.1) is 0 Å². The van der Waals surface area contributed by atoms with Crippen LogP contribution in [0.3, 0.4) is 0 Å². The molecule has 0 aromatic heterocycles. The molecule has 0 aliphatic heterocycles. The number of azide groups is 1. The minimum Gasteiger partial charge on any atom is -0.200 e. The van der Waals surface area contributed by atoms with Gasteiger partial charge in [-0.05, 0) is 10.4 Å². The lowest BCUT2D eigenvalue weighted by molar-refractivity contribution is 1.23. The molecule has 18 heavy (non-hydrogen) atoms. The molecule has 0 fully saturated rings. The van der Waals surface area contributed by atoms with Crippen LogP contribution in [0.2, 0.25) is 0 Å². The Labute approximate surface area is 111 Å². The van der Waals surface area contributed by atoms with E-state index in [2.05, 4.69) is 33.3 Å². The molecular formula is C14H14AlN3. The van der Waals surface area contributed by atoms with Gasteiger partial charge in [-0.1, -0.05) is 82.4 Å². The third kappa shape index (κ3) is 3.94. The highest BCUT2D eigenvalue weighted by Crippen LogP contribution is 2.09. The zero-order valence-electron chi connectivity index (χ0n) is 10.1. The molecule has 0 amide bonds. The van der Waals surface area contributed by atoms with Crippen molar-refractivity contribution in [2.24, 2.45) is 4.10 Å². The smallest absolute Gasteiger partial charge is 0.200 e. The quantitative estimate of drug-likeness (QED) is 0.335. The second-order valence-corrected chi connectivity index (χ2v) is 6.59. The van der Waals surface area contributed by atoms with E-state index in [0.29, 0.717) is 0 Å². The molecule has 2 aromatic rings. The molecule has 2 aromatic carbocycles. The third-order valence-corrected chi connectivity index (χ3v) is 5.16. The fourth-order valence-electron chi connectivity index (χ4n) is 2.00. The molecule has 0 spiro atoms. The lowest BCUT2D eigenvalue weighted by atomic mass is 10.2. The predicted octanol–water partition coefficient (Wildman–Crippen LogP) is 3.85. The van der Waals surface area contributed by atoms with Crippen molar-refractivity contribution in [3.05, 3.63) is 82.2 Å². The van der Waals surface area contributed by atoms with Crippen LogP contribution < -0.4 is 0 Å². The van der Waals surface area contributed by atoms with E-state index in [-0.39, 0.29) is 0 Å². The predicted molar refractivity (Wildman–Crippen MR) is 75.2 cm³/mol. The molecule has 0 radical (unpaired) electrons. The zero-order valence-corrected chi connectivity index (χ0v) is 11.3. The molecule has 0 saturated carbocycles. The van der Waals surface area contributed by atoms with Gasteiger partial charge in [-0.25, -0.2) is 4.10 Å². The van der Waals surface area contributed by atoms with Gasteiger partial charge in [0.1, 0.15) is 0 Å². The van der Waals surface area contributed by atoms with Crippen LogP contribution in [0.4, 0.5) is 0 Å². The standard InChI is InChI=1S/2C7H7.Al.N3/c2*1-7-5-3-2-4-6-7;;1-3-2/h2*2-6H,1H2;;/q;;+1;-1. The lowest BCUT2D eigenvalue weighted by Gasteiger charge is -2.06. The van der Waals surface area contributed by atoms with E-state index in [9.17, 15) is 0 Å². The number of nitrogens with zero attached hydrogens (tertiary/aromatic N) is 3. The molecule has 4 heteroatoms. The zero-order chi connectivity index (χ0) is 12.6. The van der Waals surface area contributed by atoms with Crippen molar-refractivity contribution in [1.29, 1.82) is 0 Å². The molecule has 0 N–H and O–H groups in total. The number of hydrogen-bond acceptors (Lipinski definition) is 1. The second kappa shape index (κ2) is 6.88. The van der Waals surface area contributed by atoms with Crippen LogP contribution in [0.1, 0.15) is 11.1 Å². The van der Waals surface area contributed by atoms with E-state index in [4.69, 9.17) is 5.53 Å². The van der Waals surface area contributed by atoms with Crippen LogP contribution in [-0.4, -0.2) is 14.4 Å². The maximum Gasteiger partial charge on any atom is 0.396 e. The highest BCUT2D eigenvalue weighted by atomic mass is 27.2. The normalized spacial score (nSPS) is 9.56. The van der Waals surface area contributed by atoms with E-state index in [1.54, 1.807) is 0 Å². The molecule has 0 saturated heterocycles. The summed E-state index contributed by atoms with van der Waals surface area (Å²) >= 11 is -1.48. The van der Waals surface area contributed by atoms with Crippen LogP contribution >= 0.6 is 0 Å². The van der Waals surface area contributed by atoms with Crippen molar-refractivity contribution in [3.8, 4) is 0 Å². The van der Waals surface area contributed by atoms with Crippen LogP contribution in [0, 0.1) is 0 Å². The summed E-state index contributed by atoms with van der Waals surface area (Å²) in [7, 11) is 0. The Bertz CT molecular complexity index is 480. The molecule has 0 heterocycles. The first-order valence-electron chi connectivity index (χ1n) is 6.00. The fourth-order valence-corrected chi connectivity index (χ4v) is 4.09. The van der Waals surface area contributed by atoms with E-state index in [1.165, 1.54) is 11.1 Å². The summed E-state index contributed by atoms with van der Waals surface area (Å²) in [6, 6.07) is 20.5. The van der Waals surface area contributed by atoms with Crippen molar-refractivity contribution >= 4 is 14.4 Å². The topological polar surface area (TPSA) is 48.8 Å². The summed E-state index contributed by atoms with van der Waals surface area (Å²) in [5, 5.41) is 1.83. The summed E-state index contributed by atoms with van der Waals surface area (Å²) in [5.74, 6) is 0. The summed E-state index contributed by atoms with van der Waals surface area (Å²) < 4.78 is 4.03. The largest absolute Gasteiger partial charge is 0.396 e. The maximum atomic E-state index is 8.69. The summed E-state index contributed by atoms with van der Waals surface area (Å²) in [5.41, 5.74) is 11.2. The number of hydrogen-bond donors (Lipinski definition) is 0. The van der Waals surface area contributed by atoms with E-state index in [0.717, 1.165) is 10.6 Å². The molecule has 0 unspecified atom stereocenters. The second-order valence-electron chi connectivity index (χ2n) is 4.24. The Hall–Kier alpha value is -1.72. The van der Waals surface area contributed by atoms with Gasteiger partial charge in [0, 0.05) is 0 Å². The van der Waals surface area contributed by atoms with Crippen LogP contribution in [0.5, 0.6) is 0 Å². The van der Waals surface area contributed by atoms with E-state index >= 15 is 0 Å².